The average Bonchev–Trinajstić information content (AvgIpc) is 2.30. The molecule has 0 aromatic carbocycles. The fourth-order valence-electron chi connectivity index (χ4n) is 0.740. The molecule has 1 aromatic rings. The maximum absolute atomic E-state index is 10.5. The summed E-state index contributed by atoms with van der Waals surface area (Å²) in [6, 6.07) is 0. The van der Waals surface area contributed by atoms with Crippen LogP contribution >= 0.6 is 22.6 Å². The number of rotatable bonds is 2. The third kappa shape index (κ3) is 1.52. The molecule has 0 fully saturated rings. The van der Waals surface area contributed by atoms with E-state index in [1.807, 2.05) is 29.5 Å². The third-order valence-electron chi connectivity index (χ3n) is 1.33. The van der Waals surface area contributed by atoms with E-state index in [1.165, 1.54) is 0 Å². The zero-order valence-corrected chi connectivity index (χ0v) is 8.05. The second-order valence-corrected chi connectivity index (χ2v) is 3.10. The first-order valence-corrected chi connectivity index (χ1v) is 4.20. The number of aromatic carboxylic acids is 1. The van der Waals surface area contributed by atoms with Crippen LogP contribution in [0.2, 0.25) is 0 Å². The summed E-state index contributed by atoms with van der Waals surface area (Å²) in [5.41, 5.74) is 0.991. The quantitative estimate of drug-likeness (QED) is 0.792. The molecule has 2 N–H and O–H groups in total. The molecule has 0 aliphatic heterocycles. The molecule has 1 aromatic heterocycles. The normalized spacial score (nSPS) is 10.0. The van der Waals surface area contributed by atoms with Gasteiger partial charge in [0.15, 0.2) is 5.69 Å². The van der Waals surface area contributed by atoms with E-state index in [0.29, 0.717) is 3.57 Å². The molecule has 5 heteroatoms. The zero-order valence-electron chi connectivity index (χ0n) is 5.89. The fourth-order valence-corrected chi connectivity index (χ4v) is 1.59. The summed E-state index contributed by atoms with van der Waals surface area (Å²) < 4.78 is 0.706. The molecule has 0 amide bonds. The van der Waals surface area contributed by atoms with Crippen LogP contribution in [0.3, 0.4) is 0 Å². The van der Waals surface area contributed by atoms with Crippen LogP contribution in [0.25, 0.3) is 0 Å². The van der Waals surface area contributed by atoms with Crippen molar-refractivity contribution in [3.8, 4) is 0 Å². The molecular weight excluding hydrogens is 259 g/mol. The largest absolute Gasteiger partial charge is 0.476 e. The monoisotopic (exact) mass is 266 g/mol. The molecule has 60 valence electrons. The number of carbonyl (C=O) groups is 1. The number of hydrogen-bond acceptors (Lipinski definition) is 2. The zero-order chi connectivity index (χ0) is 8.43. The van der Waals surface area contributed by atoms with Gasteiger partial charge in [-0.05, 0) is 29.0 Å². The molecule has 0 bridgehead atoms. The van der Waals surface area contributed by atoms with Crippen LogP contribution in [0.1, 0.15) is 23.1 Å². The van der Waals surface area contributed by atoms with Gasteiger partial charge in [-0.3, -0.25) is 5.10 Å². The van der Waals surface area contributed by atoms with Crippen molar-refractivity contribution in [1.82, 2.24) is 10.2 Å². The minimum atomic E-state index is -0.981. The minimum absolute atomic E-state index is 0.113. The summed E-state index contributed by atoms with van der Waals surface area (Å²) in [6.07, 6.45) is 0.776. The highest BCUT2D eigenvalue weighted by atomic mass is 127. The Kier molecular flexibility index (Phi) is 2.48. The third-order valence-corrected chi connectivity index (χ3v) is 2.49. The molecule has 0 unspecified atom stereocenters. The fraction of sp³-hybridized carbons (Fsp3) is 0.333. The predicted molar refractivity (Wildman–Crippen MR) is 47.6 cm³/mol. The van der Waals surface area contributed by atoms with Crippen molar-refractivity contribution in [2.24, 2.45) is 0 Å². The topological polar surface area (TPSA) is 66.0 Å². The first-order valence-electron chi connectivity index (χ1n) is 3.12. The smallest absolute Gasteiger partial charge is 0.357 e. The number of carboxylic acid groups (broad SMARTS) is 1. The molecule has 0 aliphatic carbocycles. The Morgan fingerprint density at radius 2 is 2.45 bits per heavy atom. The van der Waals surface area contributed by atoms with Gasteiger partial charge in [0.05, 0.1) is 3.57 Å². The van der Waals surface area contributed by atoms with Crippen LogP contribution < -0.4 is 0 Å². The Labute approximate surface area is 77.1 Å². The van der Waals surface area contributed by atoms with Gasteiger partial charge in [0.1, 0.15) is 0 Å². The average molecular weight is 266 g/mol. The van der Waals surface area contributed by atoms with Gasteiger partial charge in [-0.25, -0.2) is 4.79 Å². The van der Waals surface area contributed by atoms with E-state index in [2.05, 4.69) is 10.2 Å². The summed E-state index contributed by atoms with van der Waals surface area (Å²) in [5.74, 6) is -0.981. The lowest BCUT2D eigenvalue weighted by Crippen LogP contribution is -1.98. The van der Waals surface area contributed by atoms with Gasteiger partial charge in [0.2, 0.25) is 0 Å². The van der Waals surface area contributed by atoms with E-state index in [1.54, 1.807) is 0 Å². The number of nitrogens with zero attached hydrogens (tertiary/aromatic N) is 1. The van der Waals surface area contributed by atoms with Gasteiger partial charge in [-0.2, -0.15) is 5.10 Å². The molecule has 0 aliphatic rings. The van der Waals surface area contributed by atoms with Gasteiger partial charge in [0, 0.05) is 5.69 Å². The molecule has 1 rings (SSSR count). The summed E-state index contributed by atoms with van der Waals surface area (Å²) in [4.78, 5) is 10.5. The van der Waals surface area contributed by atoms with Gasteiger partial charge >= 0.3 is 5.97 Å². The van der Waals surface area contributed by atoms with Gasteiger partial charge in [-0.15, -0.1) is 0 Å². The van der Waals surface area contributed by atoms with Crippen molar-refractivity contribution in [2.75, 3.05) is 0 Å². The van der Waals surface area contributed by atoms with Crippen molar-refractivity contribution < 1.29 is 9.90 Å². The van der Waals surface area contributed by atoms with E-state index in [4.69, 9.17) is 5.11 Å². The maximum Gasteiger partial charge on any atom is 0.357 e. The Morgan fingerprint density at radius 3 is 2.73 bits per heavy atom. The van der Waals surface area contributed by atoms with Crippen molar-refractivity contribution in [3.05, 3.63) is 15.0 Å². The van der Waals surface area contributed by atoms with Crippen molar-refractivity contribution in [3.63, 3.8) is 0 Å². The minimum Gasteiger partial charge on any atom is -0.476 e. The highest BCUT2D eigenvalue weighted by Crippen LogP contribution is 2.14. The van der Waals surface area contributed by atoms with E-state index in [-0.39, 0.29) is 5.69 Å². The summed E-state index contributed by atoms with van der Waals surface area (Å²) in [5, 5.41) is 14.9. The summed E-state index contributed by atoms with van der Waals surface area (Å²) in [7, 11) is 0. The Hall–Kier alpha value is -0.590. The van der Waals surface area contributed by atoms with Crippen molar-refractivity contribution in [2.45, 2.75) is 13.3 Å². The highest BCUT2D eigenvalue weighted by molar-refractivity contribution is 14.1. The summed E-state index contributed by atoms with van der Waals surface area (Å²) >= 11 is 1.98. The molecule has 0 atom stereocenters. The van der Waals surface area contributed by atoms with Crippen LogP contribution in [0.5, 0.6) is 0 Å². The number of nitrogens with one attached hydrogen (secondary N) is 1. The summed E-state index contributed by atoms with van der Waals surface area (Å²) in [6.45, 7) is 1.95. The second kappa shape index (κ2) is 3.21. The van der Waals surface area contributed by atoms with E-state index >= 15 is 0 Å². The van der Waals surface area contributed by atoms with Crippen molar-refractivity contribution in [1.29, 1.82) is 0 Å². The lowest BCUT2D eigenvalue weighted by Gasteiger charge is -1.89. The molecular formula is C6H7IN2O2. The molecule has 4 nitrogen and oxygen atoms in total. The second-order valence-electron chi connectivity index (χ2n) is 2.02. The van der Waals surface area contributed by atoms with Crippen LogP contribution in [0, 0.1) is 3.57 Å². The molecule has 0 radical (unpaired) electrons. The molecule has 0 saturated carbocycles. The number of aromatic amines is 1. The standard InChI is InChI=1S/C6H7IN2O2/c1-2-3-4(7)5(6(10)11)9-8-3/h2H2,1H3,(H,8,9)(H,10,11). The predicted octanol–water partition coefficient (Wildman–Crippen LogP) is 1.27. The first kappa shape index (κ1) is 8.51. The lowest BCUT2D eigenvalue weighted by atomic mass is 10.3. The van der Waals surface area contributed by atoms with Gasteiger partial charge < -0.3 is 5.11 Å². The molecule has 0 spiro atoms. The van der Waals surface area contributed by atoms with E-state index < -0.39 is 5.97 Å². The van der Waals surface area contributed by atoms with Crippen LogP contribution in [0.15, 0.2) is 0 Å². The van der Waals surface area contributed by atoms with Gasteiger partial charge in [-0.1, -0.05) is 6.92 Å². The molecule has 1 heterocycles. The Balaban J connectivity index is 3.10. The number of hydrogen-bond donors (Lipinski definition) is 2. The number of H-pyrrole nitrogens is 1. The number of aryl methyl sites for hydroxylation is 1. The van der Waals surface area contributed by atoms with Crippen LogP contribution in [-0.4, -0.2) is 21.3 Å². The lowest BCUT2D eigenvalue weighted by molar-refractivity contribution is 0.0689. The Morgan fingerprint density at radius 1 is 1.82 bits per heavy atom. The van der Waals surface area contributed by atoms with E-state index in [0.717, 1.165) is 12.1 Å². The van der Waals surface area contributed by atoms with Crippen molar-refractivity contribution >= 4 is 28.6 Å². The highest BCUT2D eigenvalue weighted by Gasteiger charge is 2.14. The number of halogens is 1. The number of aromatic nitrogens is 2. The van der Waals surface area contributed by atoms with Crippen LogP contribution in [0.4, 0.5) is 0 Å². The molecule has 0 saturated heterocycles. The number of carboxylic acids is 1. The van der Waals surface area contributed by atoms with Gasteiger partial charge in [0.25, 0.3) is 0 Å². The van der Waals surface area contributed by atoms with E-state index in [9.17, 15) is 4.79 Å². The Bertz CT molecular complexity index is 282. The first-order chi connectivity index (χ1) is 5.16. The SMILES string of the molecule is CCc1[nH]nc(C(=O)O)c1I. The molecule has 11 heavy (non-hydrogen) atoms. The maximum atomic E-state index is 10.5. The van der Waals surface area contributed by atoms with Crippen LogP contribution in [-0.2, 0) is 6.42 Å².